The summed E-state index contributed by atoms with van der Waals surface area (Å²) in [5, 5.41) is 1.65. The fourth-order valence-electron chi connectivity index (χ4n) is 1.90. The van der Waals surface area contributed by atoms with E-state index in [1.165, 1.54) is 15.7 Å². The molecule has 21 heavy (non-hydrogen) atoms. The number of rotatable bonds is 3. The summed E-state index contributed by atoms with van der Waals surface area (Å²) in [4.78, 5) is 4.57. The molecule has 0 bridgehead atoms. The molecule has 0 radical (unpaired) electrons. The maximum absolute atomic E-state index is 12.6. The Hall–Kier alpha value is -1.09. The summed E-state index contributed by atoms with van der Waals surface area (Å²) in [6, 6.07) is 5.33. The third-order valence-corrected chi connectivity index (χ3v) is 6.44. The standard InChI is InChI=1S/C12H9BrClN3O2S2/c1-7-3-2-4-8(9(7)13)16-21(18,19)11-10(14)15-12-17(11)5-6-20-12/h2-6,16H,1H3. The molecule has 0 spiro atoms. The van der Waals surface area contributed by atoms with Crippen molar-refractivity contribution in [1.29, 1.82) is 0 Å². The van der Waals surface area contributed by atoms with Gasteiger partial charge in [-0.15, -0.1) is 11.3 Å². The highest BCUT2D eigenvalue weighted by Crippen LogP contribution is 2.31. The zero-order valence-electron chi connectivity index (χ0n) is 10.7. The van der Waals surface area contributed by atoms with E-state index in [1.54, 1.807) is 23.7 Å². The lowest BCUT2D eigenvalue weighted by molar-refractivity contribution is 0.596. The molecule has 0 amide bonds. The van der Waals surface area contributed by atoms with Gasteiger partial charge in [0.15, 0.2) is 15.1 Å². The third kappa shape index (κ3) is 2.57. The molecule has 0 aliphatic carbocycles. The molecule has 3 rings (SSSR count). The van der Waals surface area contributed by atoms with E-state index in [0.717, 1.165) is 5.56 Å². The second-order valence-electron chi connectivity index (χ2n) is 4.31. The SMILES string of the molecule is Cc1cccc(NS(=O)(=O)c2c(Cl)nc3sccn23)c1Br. The lowest BCUT2D eigenvalue weighted by atomic mass is 10.2. The first kappa shape index (κ1) is 14.8. The van der Waals surface area contributed by atoms with Crippen molar-refractivity contribution in [1.82, 2.24) is 9.38 Å². The molecule has 0 aliphatic rings. The molecule has 3 aromatic rings. The molecule has 9 heteroatoms. The monoisotopic (exact) mass is 405 g/mol. The first-order valence-electron chi connectivity index (χ1n) is 5.79. The van der Waals surface area contributed by atoms with Gasteiger partial charge >= 0.3 is 0 Å². The summed E-state index contributed by atoms with van der Waals surface area (Å²) in [5.74, 6) is 0. The van der Waals surface area contributed by atoms with Crippen LogP contribution in [0, 0.1) is 6.92 Å². The number of nitrogens with zero attached hydrogens (tertiary/aromatic N) is 2. The molecule has 0 saturated heterocycles. The number of imidazole rings is 1. The summed E-state index contributed by atoms with van der Waals surface area (Å²) in [6.07, 6.45) is 1.62. The number of aromatic nitrogens is 2. The number of halogens is 2. The van der Waals surface area contributed by atoms with Crippen LogP contribution in [0.15, 0.2) is 39.3 Å². The van der Waals surface area contributed by atoms with Gasteiger partial charge in [0.2, 0.25) is 0 Å². The molecule has 110 valence electrons. The Kier molecular flexibility index (Phi) is 3.73. The van der Waals surface area contributed by atoms with Crippen LogP contribution in [0.4, 0.5) is 5.69 Å². The average molecular weight is 407 g/mol. The van der Waals surface area contributed by atoms with Gasteiger partial charge in [-0.2, -0.15) is 8.42 Å². The Morgan fingerprint density at radius 3 is 2.95 bits per heavy atom. The minimum atomic E-state index is -3.84. The molecule has 1 N–H and O–H groups in total. The highest BCUT2D eigenvalue weighted by molar-refractivity contribution is 9.10. The molecule has 2 aromatic heterocycles. The van der Waals surface area contributed by atoms with Gasteiger partial charge in [-0.05, 0) is 34.5 Å². The van der Waals surface area contributed by atoms with Crippen molar-refractivity contribution >= 4 is 59.5 Å². The van der Waals surface area contributed by atoms with Gasteiger partial charge < -0.3 is 0 Å². The molecule has 0 unspecified atom stereocenters. The Balaban J connectivity index is 2.11. The molecule has 0 aliphatic heterocycles. The van der Waals surface area contributed by atoms with Crippen LogP contribution in [0.5, 0.6) is 0 Å². The van der Waals surface area contributed by atoms with Crippen molar-refractivity contribution in [2.45, 2.75) is 11.9 Å². The van der Waals surface area contributed by atoms with E-state index in [-0.39, 0.29) is 10.2 Å². The van der Waals surface area contributed by atoms with Crippen LogP contribution in [0.1, 0.15) is 5.56 Å². The number of hydrogen-bond donors (Lipinski definition) is 1. The number of sulfonamides is 1. The Morgan fingerprint density at radius 1 is 1.43 bits per heavy atom. The maximum Gasteiger partial charge on any atom is 0.281 e. The van der Waals surface area contributed by atoms with E-state index in [9.17, 15) is 8.42 Å². The van der Waals surface area contributed by atoms with Crippen molar-refractivity contribution in [3.05, 3.63) is 45.0 Å². The van der Waals surface area contributed by atoms with E-state index in [1.807, 2.05) is 13.0 Å². The minimum absolute atomic E-state index is 0.0434. The predicted molar refractivity (Wildman–Crippen MR) is 87.8 cm³/mol. The fourth-order valence-corrected chi connectivity index (χ4v) is 4.92. The Morgan fingerprint density at radius 2 is 2.19 bits per heavy atom. The maximum atomic E-state index is 12.6. The predicted octanol–water partition coefficient (Wildman–Crippen LogP) is 3.92. The van der Waals surface area contributed by atoms with Gasteiger partial charge in [0.25, 0.3) is 10.0 Å². The van der Waals surface area contributed by atoms with Crippen LogP contribution >= 0.6 is 38.9 Å². The van der Waals surface area contributed by atoms with Gasteiger partial charge in [-0.25, -0.2) is 4.98 Å². The number of aryl methyl sites for hydroxylation is 1. The van der Waals surface area contributed by atoms with Gasteiger partial charge in [-0.3, -0.25) is 9.12 Å². The van der Waals surface area contributed by atoms with E-state index >= 15 is 0 Å². The van der Waals surface area contributed by atoms with Crippen LogP contribution in [0.25, 0.3) is 4.96 Å². The summed E-state index contributed by atoms with van der Waals surface area (Å²) in [5.41, 5.74) is 1.38. The Labute approximate surface area is 138 Å². The number of nitrogens with one attached hydrogen (secondary N) is 1. The van der Waals surface area contributed by atoms with Gasteiger partial charge in [0, 0.05) is 16.0 Å². The lowest BCUT2D eigenvalue weighted by Gasteiger charge is -2.10. The quantitative estimate of drug-likeness (QED) is 0.717. The molecule has 5 nitrogen and oxygen atoms in total. The largest absolute Gasteiger partial charge is 0.281 e. The third-order valence-electron chi connectivity index (χ3n) is 2.87. The van der Waals surface area contributed by atoms with Crippen molar-refractivity contribution in [2.24, 2.45) is 0 Å². The highest BCUT2D eigenvalue weighted by atomic mass is 79.9. The zero-order chi connectivity index (χ0) is 15.2. The molecule has 0 atom stereocenters. The number of anilines is 1. The van der Waals surface area contributed by atoms with Crippen LogP contribution in [-0.2, 0) is 10.0 Å². The number of thiazole rings is 1. The van der Waals surface area contributed by atoms with Crippen molar-refractivity contribution < 1.29 is 8.42 Å². The second kappa shape index (κ2) is 5.28. The number of benzene rings is 1. The number of fused-ring (bicyclic) bond motifs is 1. The molecule has 2 heterocycles. The summed E-state index contributed by atoms with van der Waals surface area (Å²) >= 11 is 10.7. The van der Waals surface area contributed by atoms with Crippen LogP contribution < -0.4 is 4.72 Å². The Bertz CT molecular complexity index is 933. The fraction of sp³-hybridized carbons (Fsp3) is 0.0833. The van der Waals surface area contributed by atoms with Gasteiger partial charge in [-0.1, -0.05) is 23.7 Å². The molecular formula is C12H9BrClN3O2S2. The first-order valence-corrected chi connectivity index (χ1v) is 9.32. The minimum Gasteiger partial charge on any atom is -0.278 e. The average Bonchev–Trinajstić information content (AvgIpc) is 2.94. The van der Waals surface area contributed by atoms with Crippen molar-refractivity contribution in [3.63, 3.8) is 0 Å². The topological polar surface area (TPSA) is 63.5 Å². The lowest BCUT2D eigenvalue weighted by Crippen LogP contribution is -2.15. The summed E-state index contributed by atoms with van der Waals surface area (Å²) in [7, 11) is -3.84. The van der Waals surface area contributed by atoms with Crippen LogP contribution in [0.2, 0.25) is 5.15 Å². The normalized spacial score (nSPS) is 12.0. The molecule has 0 saturated carbocycles. The van der Waals surface area contributed by atoms with Gasteiger partial charge in [0.1, 0.15) is 0 Å². The van der Waals surface area contributed by atoms with Crippen molar-refractivity contribution in [2.75, 3.05) is 4.72 Å². The van der Waals surface area contributed by atoms with E-state index in [0.29, 0.717) is 15.1 Å². The van der Waals surface area contributed by atoms with E-state index in [4.69, 9.17) is 11.6 Å². The highest BCUT2D eigenvalue weighted by Gasteiger charge is 2.25. The summed E-state index contributed by atoms with van der Waals surface area (Å²) < 4.78 is 29.9. The second-order valence-corrected chi connectivity index (χ2v) is 7.93. The van der Waals surface area contributed by atoms with E-state index < -0.39 is 10.0 Å². The van der Waals surface area contributed by atoms with E-state index in [2.05, 4.69) is 25.6 Å². The summed E-state index contributed by atoms with van der Waals surface area (Å²) in [6.45, 7) is 1.88. The number of hydrogen-bond acceptors (Lipinski definition) is 4. The van der Waals surface area contributed by atoms with Gasteiger partial charge in [0.05, 0.1) is 5.69 Å². The van der Waals surface area contributed by atoms with Crippen LogP contribution in [-0.4, -0.2) is 17.8 Å². The molecule has 1 aromatic carbocycles. The zero-order valence-corrected chi connectivity index (χ0v) is 14.6. The van der Waals surface area contributed by atoms with Crippen LogP contribution in [0.3, 0.4) is 0 Å². The molecular weight excluding hydrogens is 398 g/mol. The first-order chi connectivity index (χ1) is 9.90. The van der Waals surface area contributed by atoms with Crippen molar-refractivity contribution in [3.8, 4) is 0 Å². The smallest absolute Gasteiger partial charge is 0.278 e. The molecule has 0 fully saturated rings.